The summed E-state index contributed by atoms with van der Waals surface area (Å²) in [6, 6.07) is 9.43. The van der Waals surface area contributed by atoms with Crippen molar-refractivity contribution >= 4 is 40.9 Å². The van der Waals surface area contributed by atoms with Gasteiger partial charge in [-0.05, 0) is 66.6 Å². The lowest BCUT2D eigenvalue weighted by molar-refractivity contribution is -0.139. The molecule has 1 aliphatic carbocycles. The third kappa shape index (κ3) is 4.43. The number of fused-ring (bicyclic) bond motifs is 1. The summed E-state index contributed by atoms with van der Waals surface area (Å²) in [7, 11) is 0. The van der Waals surface area contributed by atoms with Crippen LogP contribution in [0.1, 0.15) is 29.5 Å². The molecule has 6 heteroatoms. The van der Waals surface area contributed by atoms with Gasteiger partial charge in [0.1, 0.15) is 5.75 Å². The van der Waals surface area contributed by atoms with Crippen LogP contribution < -0.4 is 4.74 Å². The van der Waals surface area contributed by atoms with E-state index in [0.29, 0.717) is 21.5 Å². The summed E-state index contributed by atoms with van der Waals surface area (Å²) in [5.41, 5.74) is 3.34. The Kier molecular flexibility index (Phi) is 6.15. The fraction of sp³-hybridized carbons (Fsp3) is 0.316. The van der Waals surface area contributed by atoms with E-state index >= 15 is 0 Å². The Hall–Kier alpha value is -1.36. The highest BCUT2D eigenvalue weighted by molar-refractivity contribution is 7.98. The number of aliphatic carboxylic acids is 1. The maximum absolute atomic E-state index is 10.8. The first-order valence-electron chi connectivity index (χ1n) is 8.11. The molecule has 0 radical (unpaired) electrons. The molecule has 0 amide bonds. The smallest absolute Gasteiger partial charge is 0.341 e. The number of ether oxygens (including phenoxy) is 1. The minimum absolute atomic E-state index is 0.311. The van der Waals surface area contributed by atoms with Gasteiger partial charge in [-0.1, -0.05) is 29.3 Å². The molecule has 2 aromatic rings. The third-order valence-electron chi connectivity index (χ3n) is 4.23. The summed E-state index contributed by atoms with van der Waals surface area (Å²) >= 11 is 14.2. The van der Waals surface area contributed by atoms with Gasteiger partial charge in [0.25, 0.3) is 0 Å². The van der Waals surface area contributed by atoms with Crippen LogP contribution in [0.2, 0.25) is 10.0 Å². The molecule has 25 heavy (non-hydrogen) atoms. The van der Waals surface area contributed by atoms with Crippen molar-refractivity contribution in [1.82, 2.24) is 0 Å². The lowest BCUT2D eigenvalue weighted by Crippen LogP contribution is -2.13. The van der Waals surface area contributed by atoms with Crippen molar-refractivity contribution in [1.29, 1.82) is 0 Å². The molecular weight excluding hydrogens is 379 g/mol. The molecule has 0 saturated heterocycles. The number of carbonyl (C=O) groups is 1. The highest BCUT2D eigenvalue weighted by atomic mass is 35.5. The van der Waals surface area contributed by atoms with Gasteiger partial charge < -0.3 is 9.84 Å². The van der Waals surface area contributed by atoms with E-state index in [-0.39, 0.29) is 6.61 Å². The molecule has 0 spiro atoms. The lowest BCUT2D eigenvalue weighted by Gasteiger charge is -2.22. The molecule has 0 heterocycles. The van der Waals surface area contributed by atoms with Crippen LogP contribution in [-0.4, -0.2) is 17.7 Å². The van der Waals surface area contributed by atoms with Crippen molar-refractivity contribution < 1.29 is 14.6 Å². The van der Waals surface area contributed by atoms with Crippen LogP contribution in [0.15, 0.2) is 35.2 Å². The molecule has 1 N–H and O–H groups in total. The fourth-order valence-electron chi connectivity index (χ4n) is 3.03. The second kappa shape index (κ2) is 8.35. The summed E-state index contributed by atoms with van der Waals surface area (Å²) in [6.07, 6.45) is 4.14. The average molecular weight is 397 g/mol. The van der Waals surface area contributed by atoms with Gasteiger partial charge >= 0.3 is 5.97 Å². The van der Waals surface area contributed by atoms with Gasteiger partial charge in [0.05, 0.1) is 0 Å². The van der Waals surface area contributed by atoms with E-state index in [0.717, 1.165) is 36.8 Å². The fourth-order valence-corrected chi connectivity index (χ4v) is 4.90. The molecule has 3 nitrogen and oxygen atoms in total. The van der Waals surface area contributed by atoms with Crippen molar-refractivity contribution in [2.45, 2.75) is 36.3 Å². The summed E-state index contributed by atoms with van der Waals surface area (Å²) in [4.78, 5) is 12.0. The monoisotopic (exact) mass is 396 g/mol. The SMILES string of the molecule is O=C(O)COc1ccc(SCc2c(Cl)cccc2Cl)c2c1CCCC2. The summed E-state index contributed by atoms with van der Waals surface area (Å²) < 4.78 is 5.47. The Labute approximate surface area is 161 Å². The molecule has 0 bridgehead atoms. The van der Waals surface area contributed by atoms with Crippen molar-refractivity contribution in [3.05, 3.63) is 57.1 Å². The van der Waals surface area contributed by atoms with Crippen LogP contribution in [0.4, 0.5) is 0 Å². The second-order valence-electron chi connectivity index (χ2n) is 5.90. The highest BCUT2D eigenvalue weighted by Gasteiger charge is 2.19. The first kappa shape index (κ1) is 18.4. The topological polar surface area (TPSA) is 46.5 Å². The number of halogens is 2. The van der Waals surface area contributed by atoms with Gasteiger partial charge in [0, 0.05) is 20.7 Å². The van der Waals surface area contributed by atoms with Crippen LogP contribution in [0, 0.1) is 0 Å². The van der Waals surface area contributed by atoms with E-state index in [1.165, 1.54) is 10.5 Å². The quantitative estimate of drug-likeness (QED) is 0.642. The highest BCUT2D eigenvalue weighted by Crippen LogP contribution is 2.39. The predicted molar refractivity (Wildman–Crippen MR) is 102 cm³/mol. The van der Waals surface area contributed by atoms with Crippen LogP contribution in [0.25, 0.3) is 0 Å². The maximum atomic E-state index is 10.8. The van der Waals surface area contributed by atoms with E-state index in [1.54, 1.807) is 11.8 Å². The Morgan fingerprint density at radius 2 is 1.76 bits per heavy atom. The number of thioether (sulfide) groups is 1. The van der Waals surface area contributed by atoms with Crippen molar-refractivity contribution in [3.8, 4) is 5.75 Å². The molecule has 0 aliphatic heterocycles. The molecule has 0 saturated carbocycles. The van der Waals surface area contributed by atoms with Gasteiger partial charge in [-0.3, -0.25) is 0 Å². The number of carboxylic acids is 1. The average Bonchev–Trinajstić information content (AvgIpc) is 2.60. The number of carboxylic acid groups (broad SMARTS) is 1. The largest absolute Gasteiger partial charge is 0.482 e. The van der Waals surface area contributed by atoms with E-state index in [4.69, 9.17) is 33.0 Å². The van der Waals surface area contributed by atoms with Crippen LogP contribution in [0.3, 0.4) is 0 Å². The zero-order valence-electron chi connectivity index (χ0n) is 13.6. The first-order chi connectivity index (χ1) is 12.1. The Balaban J connectivity index is 1.83. The minimum Gasteiger partial charge on any atom is -0.482 e. The van der Waals surface area contributed by atoms with Crippen molar-refractivity contribution in [2.75, 3.05) is 6.61 Å². The lowest BCUT2D eigenvalue weighted by atomic mass is 9.91. The summed E-state index contributed by atoms with van der Waals surface area (Å²) in [5, 5.41) is 10.2. The zero-order chi connectivity index (χ0) is 17.8. The Morgan fingerprint density at radius 3 is 2.44 bits per heavy atom. The number of rotatable bonds is 6. The molecule has 0 unspecified atom stereocenters. The normalized spacial score (nSPS) is 13.4. The first-order valence-corrected chi connectivity index (χ1v) is 9.85. The molecule has 2 aromatic carbocycles. The standard InChI is InChI=1S/C19H18Cl2O3S/c20-15-6-3-7-16(21)14(15)11-25-18-9-8-17(24-10-19(22)23)12-4-1-2-5-13(12)18/h3,6-9H,1-2,4-5,10-11H2,(H,22,23). The zero-order valence-corrected chi connectivity index (χ0v) is 15.9. The van der Waals surface area contributed by atoms with Crippen LogP contribution in [0.5, 0.6) is 5.75 Å². The van der Waals surface area contributed by atoms with E-state index in [9.17, 15) is 4.79 Å². The number of benzene rings is 2. The summed E-state index contributed by atoms with van der Waals surface area (Å²) in [6.45, 7) is -0.311. The van der Waals surface area contributed by atoms with Gasteiger partial charge in [0.15, 0.2) is 6.61 Å². The predicted octanol–water partition coefficient (Wildman–Crippen LogP) is 5.63. The Bertz CT molecular complexity index is 772. The number of hydrogen-bond donors (Lipinski definition) is 1. The van der Waals surface area contributed by atoms with E-state index < -0.39 is 5.97 Å². The third-order valence-corrected chi connectivity index (χ3v) is 6.07. The van der Waals surface area contributed by atoms with Crippen LogP contribution in [-0.2, 0) is 23.4 Å². The van der Waals surface area contributed by atoms with Gasteiger partial charge in [-0.25, -0.2) is 4.79 Å². The molecular formula is C19H18Cl2O3S. The number of hydrogen-bond acceptors (Lipinski definition) is 3. The summed E-state index contributed by atoms with van der Waals surface area (Å²) in [5.74, 6) is 0.425. The van der Waals surface area contributed by atoms with Gasteiger partial charge in [0.2, 0.25) is 0 Å². The molecule has 132 valence electrons. The maximum Gasteiger partial charge on any atom is 0.341 e. The Morgan fingerprint density at radius 1 is 1.08 bits per heavy atom. The van der Waals surface area contributed by atoms with Crippen LogP contribution >= 0.6 is 35.0 Å². The molecule has 0 fully saturated rings. The molecule has 0 atom stereocenters. The molecule has 3 rings (SSSR count). The van der Waals surface area contributed by atoms with Crippen molar-refractivity contribution in [3.63, 3.8) is 0 Å². The molecule has 1 aliphatic rings. The van der Waals surface area contributed by atoms with Gasteiger partial charge in [-0.2, -0.15) is 0 Å². The van der Waals surface area contributed by atoms with E-state index in [1.807, 2.05) is 30.3 Å². The van der Waals surface area contributed by atoms with Crippen molar-refractivity contribution in [2.24, 2.45) is 0 Å². The minimum atomic E-state index is -0.962. The second-order valence-corrected chi connectivity index (χ2v) is 7.73. The van der Waals surface area contributed by atoms with E-state index in [2.05, 4.69) is 0 Å². The molecule has 0 aromatic heterocycles. The van der Waals surface area contributed by atoms with Gasteiger partial charge in [-0.15, -0.1) is 11.8 Å².